The van der Waals surface area contributed by atoms with Crippen LogP contribution in [-0.4, -0.2) is 68.4 Å². The zero-order valence-corrected chi connectivity index (χ0v) is 13.9. The summed E-state index contributed by atoms with van der Waals surface area (Å²) < 4.78 is 5.34. The zero-order valence-electron chi connectivity index (χ0n) is 12.3. The van der Waals surface area contributed by atoms with Crippen molar-refractivity contribution in [3.63, 3.8) is 0 Å². The second-order valence-electron chi connectivity index (χ2n) is 5.26. The van der Waals surface area contributed by atoms with Gasteiger partial charge >= 0.3 is 0 Å². The third-order valence-corrected chi connectivity index (χ3v) is 5.28. The lowest BCUT2D eigenvalue weighted by Crippen LogP contribution is -2.60. The van der Waals surface area contributed by atoms with Crippen LogP contribution in [0.3, 0.4) is 0 Å². The molecule has 0 bridgehead atoms. The van der Waals surface area contributed by atoms with Crippen molar-refractivity contribution in [2.75, 3.05) is 11.9 Å². The Kier molecular flexibility index (Phi) is 5.25. The van der Waals surface area contributed by atoms with E-state index in [1.807, 2.05) is 0 Å². The monoisotopic (exact) mass is 372 g/mol. The van der Waals surface area contributed by atoms with E-state index >= 15 is 0 Å². The molecule has 5 N–H and O–H groups in total. The molecule has 0 radical (unpaired) electrons. The van der Waals surface area contributed by atoms with Crippen molar-refractivity contribution in [3.8, 4) is 0 Å². The number of nitrogens with zero attached hydrogens (tertiary/aromatic N) is 1. The number of aliphatic hydroxyl groups is 4. The van der Waals surface area contributed by atoms with Gasteiger partial charge in [0.1, 0.15) is 24.4 Å². The molecule has 10 heteroatoms. The van der Waals surface area contributed by atoms with E-state index in [4.69, 9.17) is 9.84 Å². The Hall–Kier alpha value is -1.40. The number of ether oxygens (including phenoxy) is 1. The van der Waals surface area contributed by atoms with Gasteiger partial charge in [-0.2, -0.15) is 11.3 Å². The van der Waals surface area contributed by atoms with E-state index in [9.17, 15) is 20.1 Å². The van der Waals surface area contributed by atoms with Crippen LogP contribution in [0.1, 0.15) is 15.2 Å². The molecule has 2 aromatic rings. The standard InChI is InChI=1S/C14H16N2O6S2/c17-4-7-10(19)11(20)12(21)13(22-7)16-14-15-3-8(24-14)9(18)6-1-2-23-5-6/h1-3,5,7,10-13,17,19-21H,4H2,(H,15,16)/t7?,10-,11?,12-,13+/m1/s1. The number of rotatable bonds is 5. The summed E-state index contributed by atoms with van der Waals surface area (Å²) in [4.78, 5) is 16.7. The quantitative estimate of drug-likeness (QED) is 0.450. The molecule has 3 heterocycles. The van der Waals surface area contributed by atoms with Gasteiger partial charge in [0.25, 0.3) is 0 Å². The van der Waals surface area contributed by atoms with E-state index in [0.717, 1.165) is 11.3 Å². The number of carbonyl (C=O) groups excluding carboxylic acids is 1. The fourth-order valence-electron chi connectivity index (χ4n) is 2.32. The molecule has 1 saturated heterocycles. The Morgan fingerprint density at radius 2 is 2.08 bits per heavy atom. The molecule has 8 nitrogen and oxygen atoms in total. The van der Waals surface area contributed by atoms with Gasteiger partial charge in [0, 0.05) is 10.9 Å². The summed E-state index contributed by atoms with van der Waals surface area (Å²) >= 11 is 2.50. The molecule has 130 valence electrons. The molecule has 1 aliphatic heterocycles. The third-order valence-electron chi connectivity index (χ3n) is 3.67. The first-order valence-corrected chi connectivity index (χ1v) is 8.87. The van der Waals surface area contributed by atoms with Crippen LogP contribution in [0.15, 0.2) is 23.0 Å². The van der Waals surface area contributed by atoms with Crippen molar-refractivity contribution in [2.24, 2.45) is 0 Å². The summed E-state index contributed by atoms with van der Waals surface area (Å²) in [5, 5.41) is 45.3. The molecule has 3 rings (SSSR count). The van der Waals surface area contributed by atoms with Gasteiger partial charge in [0.15, 0.2) is 11.4 Å². The highest BCUT2D eigenvalue weighted by Gasteiger charge is 2.43. The molecule has 5 atom stereocenters. The number of nitrogens with one attached hydrogen (secondary N) is 1. The van der Waals surface area contributed by atoms with Crippen LogP contribution in [-0.2, 0) is 4.74 Å². The molecule has 2 unspecified atom stereocenters. The number of thiazole rings is 1. The predicted molar refractivity (Wildman–Crippen MR) is 87.3 cm³/mol. The van der Waals surface area contributed by atoms with Crippen molar-refractivity contribution in [1.29, 1.82) is 0 Å². The van der Waals surface area contributed by atoms with Gasteiger partial charge in [-0.3, -0.25) is 4.79 Å². The predicted octanol–water partition coefficient (Wildman–Crippen LogP) is -0.353. The smallest absolute Gasteiger partial charge is 0.205 e. The molecule has 1 aliphatic rings. The zero-order chi connectivity index (χ0) is 17.3. The highest BCUT2D eigenvalue weighted by atomic mass is 32.1. The van der Waals surface area contributed by atoms with Gasteiger partial charge in [-0.15, -0.1) is 0 Å². The SMILES string of the molecule is O=C(c1ccsc1)c1cnc(N[C@H]2OC(CO)[C@@H](O)C(O)[C@H]2O)s1. The lowest BCUT2D eigenvalue weighted by atomic mass is 9.98. The van der Waals surface area contributed by atoms with Crippen LogP contribution < -0.4 is 5.32 Å². The number of ketones is 1. The second-order valence-corrected chi connectivity index (χ2v) is 7.08. The van der Waals surface area contributed by atoms with E-state index < -0.39 is 37.3 Å². The normalized spacial score (nSPS) is 30.2. The van der Waals surface area contributed by atoms with Gasteiger partial charge in [0.2, 0.25) is 5.78 Å². The minimum absolute atomic E-state index is 0.157. The average molecular weight is 372 g/mol. The molecular weight excluding hydrogens is 356 g/mol. The summed E-state index contributed by atoms with van der Waals surface area (Å²) in [6.07, 6.45) is -4.97. The Bertz CT molecular complexity index is 689. The Balaban J connectivity index is 1.71. The molecule has 2 aromatic heterocycles. The molecule has 24 heavy (non-hydrogen) atoms. The van der Waals surface area contributed by atoms with Crippen molar-refractivity contribution in [1.82, 2.24) is 4.98 Å². The van der Waals surface area contributed by atoms with E-state index in [0.29, 0.717) is 15.6 Å². The number of aliphatic hydroxyl groups excluding tert-OH is 4. The number of hydrogen-bond acceptors (Lipinski definition) is 10. The lowest BCUT2D eigenvalue weighted by molar-refractivity contribution is -0.221. The summed E-state index contributed by atoms with van der Waals surface area (Å²) in [6.45, 7) is -0.511. The summed E-state index contributed by atoms with van der Waals surface area (Å²) in [5.74, 6) is -0.157. The van der Waals surface area contributed by atoms with Crippen molar-refractivity contribution in [3.05, 3.63) is 33.5 Å². The van der Waals surface area contributed by atoms with E-state index in [2.05, 4.69) is 10.3 Å². The molecular formula is C14H16N2O6S2. The maximum absolute atomic E-state index is 12.2. The number of aromatic nitrogens is 1. The summed E-state index contributed by atoms with van der Waals surface area (Å²) in [5.41, 5.74) is 0.572. The van der Waals surface area contributed by atoms with Crippen molar-refractivity contribution in [2.45, 2.75) is 30.6 Å². The molecule has 0 spiro atoms. The van der Waals surface area contributed by atoms with Gasteiger partial charge in [-0.25, -0.2) is 4.98 Å². The summed E-state index contributed by atoms with van der Waals surface area (Å²) in [7, 11) is 0. The highest BCUT2D eigenvalue weighted by Crippen LogP contribution is 2.26. The number of carbonyl (C=O) groups is 1. The highest BCUT2D eigenvalue weighted by molar-refractivity contribution is 7.17. The maximum atomic E-state index is 12.2. The van der Waals surface area contributed by atoms with Crippen LogP contribution in [0.25, 0.3) is 0 Å². The summed E-state index contributed by atoms with van der Waals surface area (Å²) in [6, 6.07) is 1.72. The minimum atomic E-state index is -1.47. The van der Waals surface area contributed by atoms with Crippen LogP contribution in [0.2, 0.25) is 0 Å². The van der Waals surface area contributed by atoms with Gasteiger partial charge in [-0.1, -0.05) is 11.3 Å². The van der Waals surface area contributed by atoms with Gasteiger partial charge in [0.05, 0.1) is 17.7 Å². The van der Waals surface area contributed by atoms with E-state index in [-0.39, 0.29) is 5.78 Å². The Morgan fingerprint density at radius 1 is 1.29 bits per heavy atom. The molecule has 1 fully saturated rings. The Labute approximate surface area is 145 Å². The van der Waals surface area contributed by atoms with Gasteiger partial charge < -0.3 is 30.5 Å². The molecule has 0 saturated carbocycles. The minimum Gasteiger partial charge on any atom is -0.394 e. The Morgan fingerprint density at radius 3 is 2.75 bits per heavy atom. The first-order chi connectivity index (χ1) is 11.5. The number of thiophene rings is 1. The van der Waals surface area contributed by atoms with Crippen molar-refractivity contribution < 1.29 is 30.0 Å². The third kappa shape index (κ3) is 3.35. The van der Waals surface area contributed by atoms with Crippen LogP contribution in [0.4, 0.5) is 5.13 Å². The van der Waals surface area contributed by atoms with Crippen LogP contribution >= 0.6 is 22.7 Å². The largest absolute Gasteiger partial charge is 0.394 e. The van der Waals surface area contributed by atoms with Crippen molar-refractivity contribution >= 4 is 33.6 Å². The van der Waals surface area contributed by atoms with E-state index in [1.54, 1.807) is 16.8 Å². The number of anilines is 1. The molecule has 0 amide bonds. The topological polar surface area (TPSA) is 132 Å². The lowest BCUT2D eigenvalue weighted by Gasteiger charge is -2.40. The second kappa shape index (κ2) is 7.23. The molecule has 0 aromatic carbocycles. The van der Waals surface area contributed by atoms with Gasteiger partial charge in [-0.05, 0) is 11.4 Å². The first kappa shape index (κ1) is 17.4. The fourth-order valence-corrected chi connectivity index (χ4v) is 3.76. The average Bonchev–Trinajstić information content (AvgIpc) is 3.26. The maximum Gasteiger partial charge on any atom is 0.205 e. The number of hydrogen-bond donors (Lipinski definition) is 5. The fraction of sp³-hybridized carbons (Fsp3) is 0.429. The molecule has 0 aliphatic carbocycles. The van der Waals surface area contributed by atoms with E-state index in [1.165, 1.54) is 17.5 Å². The van der Waals surface area contributed by atoms with Crippen LogP contribution in [0, 0.1) is 0 Å². The van der Waals surface area contributed by atoms with Crippen LogP contribution in [0.5, 0.6) is 0 Å². The first-order valence-electron chi connectivity index (χ1n) is 7.11.